The molecule has 0 aliphatic heterocycles. The number of hydrogen-bond acceptors (Lipinski definition) is 0. The van der Waals surface area contributed by atoms with E-state index in [0.717, 1.165) is 0 Å². The number of aryl methyl sites for hydroxylation is 4. The zero-order valence-electron chi connectivity index (χ0n) is 26.1. The second kappa shape index (κ2) is 9.36. The molecule has 0 fully saturated rings. The third-order valence-corrected chi connectivity index (χ3v) is 10.4. The number of fused-ring (bicyclic) bond motifs is 11. The highest BCUT2D eigenvalue weighted by Crippen LogP contribution is 2.63. The minimum absolute atomic E-state index is 0.340. The number of pyridine rings is 1. The number of nitrogens with zero attached hydrogens (tertiary/aromatic N) is 1. The van der Waals surface area contributed by atoms with Crippen LogP contribution in [0, 0.1) is 20.8 Å². The van der Waals surface area contributed by atoms with Crippen LogP contribution in [-0.2, 0) is 12.5 Å². The molecule has 0 bridgehead atoms. The summed E-state index contributed by atoms with van der Waals surface area (Å²) in [6.07, 6.45) is 0. The lowest BCUT2D eigenvalue weighted by atomic mass is 9.70. The van der Waals surface area contributed by atoms with E-state index >= 15 is 0 Å². The Hall–Kier alpha value is -5.27. The molecule has 1 aromatic heterocycles. The number of aromatic nitrogens is 1. The first-order valence-electron chi connectivity index (χ1n) is 15.9. The molecule has 2 aliphatic carbocycles. The summed E-state index contributed by atoms with van der Waals surface area (Å²) in [5.41, 5.74) is 20.7. The standard InChI is InChI=1S/C44H34N/c1-27-22-28(2)24-30(23-27)31-15-11-19-42-35(31)20-21-43(45(42)4)36-26-41-37(25-29(36)3)34-14-7-10-18-40(34)44(41)38-16-8-5-12-32(38)33-13-6-9-17-39(33)44/h5-26H,1-4H3/q+1. The van der Waals surface area contributed by atoms with Gasteiger partial charge in [-0.05, 0) is 94.1 Å². The average Bonchev–Trinajstić information content (AvgIpc) is 3.51. The first-order valence-corrected chi connectivity index (χ1v) is 15.9. The van der Waals surface area contributed by atoms with Crippen LogP contribution in [0.1, 0.15) is 38.9 Å². The largest absolute Gasteiger partial charge is 0.213 e. The summed E-state index contributed by atoms with van der Waals surface area (Å²) in [6, 6.07) is 50.3. The Morgan fingerprint density at radius 1 is 0.444 bits per heavy atom. The van der Waals surface area contributed by atoms with Crippen LogP contribution in [0.15, 0.2) is 133 Å². The lowest BCUT2D eigenvalue weighted by Crippen LogP contribution is -2.32. The molecule has 1 heteroatoms. The molecule has 1 spiro atoms. The van der Waals surface area contributed by atoms with Crippen molar-refractivity contribution in [1.82, 2.24) is 0 Å². The molecule has 1 heterocycles. The van der Waals surface area contributed by atoms with Crippen molar-refractivity contribution in [3.8, 4) is 44.6 Å². The maximum Gasteiger partial charge on any atom is 0.213 e. The van der Waals surface area contributed by atoms with E-state index in [-0.39, 0.29) is 5.41 Å². The van der Waals surface area contributed by atoms with Crippen LogP contribution >= 0.6 is 0 Å². The van der Waals surface area contributed by atoms with Gasteiger partial charge in [0.25, 0.3) is 0 Å². The molecular formula is C44H34N+. The molecular weight excluding hydrogens is 542 g/mol. The van der Waals surface area contributed by atoms with Crippen LogP contribution in [0.2, 0.25) is 0 Å². The summed E-state index contributed by atoms with van der Waals surface area (Å²) in [5.74, 6) is 0. The Balaban J connectivity index is 1.31. The van der Waals surface area contributed by atoms with Crippen LogP contribution in [0.25, 0.3) is 55.5 Å². The predicted molar refractivity (Wildman–Crippen MR) is 187 cm³/mol. The fraction of sp³-hybridized carbons (Fsp3) is 0.114. The Labute approximate surface area is 265 Å². The lowest BCUT2D eigenvalue weighted by molar-refractivity contribution is -0.633. The zero-order chi connectivity index (χ0) is 30.4. The predicted octanol–water partition coefficient (Wildman–Crippen LogP) is 10.3. The van der Waals surface area contributed by atoms with Crippen molar-refractivity contribution in [1.29, 1.82) is 0 Å². The molecule has 45 heavy (non-hydrogen) atoms. The minimum atomic E-state index is -0.340. The fourth-order valence-electron chi connectivity index (χ4n) is 8.60. The van der Waals surface area contributed by atoms with Crippen molar-refractivity contribution in [2.24, 2.45) is 7.05 Å². The molecule has 0 saturated heterocycles. The second-order valence-corrected chi connectivity index (χ2v) is 13.0. The second-order valence-electron chi connectivity index (χ2n) is 13.0. The summed E-state index contributed by atoms with van der Waals surface area (Å²) >= 11 is 0. The van der Waals surface area contributed by atoms with Crippen LogP contribution in [0.3, 0.4) is 0 Å². The first-order chi connectivity index (χ1) is 22.0. The summed E-state index contributed by atoms with van der Waals surface area (Å²) in [5, 5.41) is 1.27. The quantitative estimate of drug-likeness (QED) is 0.180. The van der Waals surface area contributed by atoms with Gasteiger partial charge in [-0.2, -0.15) is 4.57 Å². The van der Waals surface area contributed by atoms with E-state index in [1.54, 1.807) is 0 Å². The third-order valence-electron chi connectivity index (χ3n) is 10.4. The normalized spacial score (nSPS) is 13.5. The highest BCUT2D eigenvalue weighted by molar-refractivity contribution is 5.97. The fourth-order valence-corrected chi connectivity index (χ4v) is 8.60. The van der Waals surface area contributed by atoms with Gasteiger partial charge in [-0.1, -0.05) is 120 Å². The van der Waals surface area contributed by atoms with E-state index in [1.165, 1.54) is 94.5 Å². The van der Waals surface area contributed by atoms with Gasteiger partial charge in [0.15, 0.2) is 0 Å². The Morgan fingerprint density at radius 3 is 1.62 bits per heavy atom. The molecule has 7 aromatic rings. The zero-order valence-corrected chi connectivity index (χ0v) is 26.1. The van der Waals surface area contributed by atoms with Gasteiger partial charge in [-0.15, -0.1) is 0 Å². The van der Waals surface area contributed by atoms with Gasteiger partial charge in [0, 0.05) is 17.7 Å². The van der Waals surface area contributed by atoms with Crippen molar-refractivity contribution in [3.05, 3.63) is 172 Å². The minimum Gasteiger partial charge on any atom is -0.194 e. The van der Waals surface area contributed by atoms with Crippen molar-refractivity contribution < 1.29 is 4.57 Å². The number of hydrogen-bond donors (Lipinski definition) is 0. The average molecular weight is 577 g/mol. The van der Waals surface area contributed by atoms with Crippen molar-refractivity contribution in [3.63, 3.8) is 0 Å². The molecule has 6 aromatic carbocycles. The lowest BCUT2D eigenvalue weighted by Gasteiger charge is -2.30. The SMILES string of the molecule is Cc1cc(C)cc(-c2cccc3c2ccc(-c2cc4c(cc2C)-c2ccccc2C42c4ccccc4-c4ccccc42)[n+]3C)c1. The van der Waals surface area contributed by atoms with Gasteiger partial charge in [-0.25, -0.2) is 0 Å². The van der Waals surface area contributed by atoms with E-state index in [4.69, 9.17) is 0 Å². The molecule has 214 valence electrons. The molecule has 0 unspecified atom stereocenters. The van der Waals surface area contributed by atoms with E-state index < -0.39 is 0 Å². The van der Waals surface area contributed by atoms with Gasteiger partial charge >= 0.3 is 0 Å². The summed E-state index contributed by atoms with van der Waals surface area (Å²) in [7, 11) is 2.22. The molecule has 0 atom stereocenters. The van der Waals surface area contributed by atoms with Crippen molar-refractivity contribution in [2.75, 3.05) is 0 Å². The molecule has 9 rings (SSSR count). The molecule has 0 radical (unpaired) electrons. The van der Waals surface area contributed by atoms with E-state index in [1.807, 2.05) is 0 Å². The van der Waals surface area contributed by atoms with E-state index in [0.29, 0.717) is 0 Å². The van der Waals surface area contributed by atoms with Crippen LogP contribution in [-0.4, -0.2) is 0 Å². The molecule has 0 amide bonds. The summed E-state index contributed by atoms with van der Waals surface area (Å²) in [4.78, 5) is 0. The third kappa shape index (κ3) is 3.47. The smallest absolute Gasteiger partial charge is 0.194 e. The Kier molecular flexibility index (Phi) is 5.44. The van der Waals surface area contributed by atoms with Crippen LogP contribution < -0.4 is 4.57 Å². The van der Waals surface area contributed by atoms with Gasteiger partial charge < -0.3 is 0 Å². The molecule has 0 N–H and O–H groups in total. The molecule has 0 saturated carbocycles. The topological polar surface area (TPSA) is 3.88 Å². The van der Waals surface area contributed by atoms with Crippen molar-refractivity contribution in [2.45, 2.75) is 26.2 Å². The number of benzene rings is 6. The van der Waals surface area contributed by atoms with Crippen molar-refractivity contribution >= 4 is 10.9 Å². The van der Waals surface area contributed by atoms with Gasteiger partial charge in [0.05, 0.1) is 10.8 Å². The highest BCUT2D eigenvalue weighted by Gasteiger charge is 2.51. The Morgan fingerprint density at radius 2 is 1.00 bits per heavy atom. The first kappa shape index (κ1) is 26.2. The van der Waals surface area contributed by atoms with E-state index in [2.05, 4.69) is 166 Å². The maximum atomic E-state index is 2.51. The molecule has 2 aliphatic rings. The van der Waals surface area contributed by atoms with Gasteiger partial charge in [0.2, 0.25) is 11.2 Å². The van der Waals surface area contributed by atoms with E-state index in [9.17, 15) is 0 Å². The number of rotatable bonds is 2. The molecule has 1 nitrogen and oxygen atoms in total. The van der Waals surface area contributed by atoms with Gasteiger partial charge in [0.1, 0.15) is 7.05 Å². The summed E-state index contributed by atoms with van der Waals surface area (Å²) in [6.45, 7) is 6.64. The summed E-state index contributed by atoms with van der Waals surface area (Å²) < 4.78 is 2.39. The highest BCUT2D eigenvalue weighted by atomic mass is 14.9. The maximum absolute atomic E-state index is 2.51. The Bertz CT molecular complexity index is 2310. The van der Waals surface area contributed by atoms with Crippen LogP contribution in [0.5, 0.6) is 0 Å². The van der Waals surface area contributed by atoms with Crippen LogP contribution in [0.4, 0.5) is 0 Å². The monoisotopic (exact) mass is 576 g/mol. The van der Waals surface area contributed by atoms with Gasteiger partial charge in [-0.3, -0.25) is 0 Å².